The van der Waals surface area contributed by atoms with Crippen LogP contribution >= 0.6 is 0 Å². The first-order valence-electron chi connectivity index (χ1n) is 9.62. The summed E-state index contributed by atoms with van der Waals surface area (Å²) in [7, 11) is 0. The van der Waals surface area contributed by atoms with Crippen molar-refractivity contribution in [2.75, 3.05) is 31.1 Å². The van der Waals surface area contributed by atoms with E-state index in [1.807, 2.05) is 4.90 Å². The Labute approximate surface area is 162 Å². The predicted octanol–water partition coefficient (Wildman–Crippen LogP) is 2.19. The maximum Gasteiger partial charge on any atom is 0.289 e. The van der Waals surface area contributed by atoms with Crippen molar-refractivity contribution in [3.63, 3.8) is 0 Å². The van der Waals surface area contributed by atoms with Crippen LogP contribution in [0.2, 0.25) is 0 Å². The van der Waals surface area contributed by atoms with Crippen LogP contribution in [0.25, 0.3) is 11.0 Å². The average molecular weight is 376 g/mol. The van der Waals surface area contributed by atoms with Crippen LogP contribution in [-0.4, -0.2) is 51.5 Å². The lowest BCUT2D eigenvalue weighted by atomic mass is 10.1. The Morgan fingerprint density at radius 2 is 2.00 bits per heavy atom. The molecule has 0 saturated carbocycles. The number of carbonyl (C=O) groups is 1. The predicted molar refractivity (Wildman–Crippen MR) is 102 cm³/mol. The van der Waals surface area contributed by atoms with Crippen LogP contribution in [0, 0.1) is 11.3 Å². The van der Waals surface area contributed by atoms with Crippen LogP contribution in [0.4, 0.5) is 5.82 Å². The Morgan fingerprint density at radius 3 is 2.75 bits per heavy atom. The van der Waals surface area contributed by atoms with Gasteiger partial charge in [0.1, 0.15) is 23.4 Å². The quantitative estimate of drug-likeness (QED) is 0.681. The fourth-order valence-electron chi connectivity index (χ4n) is 4.30. The van der Waals surface area contributed by atoms with E-state index >= 15 is 0 Å². The van der Waals surface area contributed by atoms with Gasteiger partial charge >= 0.3 is 0 Å². The average Bonchev–Trinajstić information content (AvgIpc) is 3.39. The molecular weight excluding hydrogens is 356 g/mol. The second-order valence-electron chi connectivity index (χ2n) is 7.19. The first kappa shape index (κ1) is 16.8. The van der Waals surface area contributed by atoms with E-state index in [2.05, 4.69) is 25.5 Å². The van der Waals surface area contributed by atoms with E-state index < -0.39 is 0 Å². The summed E-state index contributed by atoms with van der Waals surface area (Å²) in [5, 5.41) is 9.68. The van der Waals surface area contributed by atoms with Crippen molar-refractivity contribution in [1.82, 2.24) is 19.4 Å². The largest absolute Gasteiger partial charge is 0.459 e. The van der Waals surface area contributed by atoms with E-state index in [1.165, 1.54) is 6.26 Å². The molecule has 1 saturated heterocycles. The van der Waals surface area contributed by atoms with Crippen LogP contribution < -0.4 is 4.90 Å². The Hall–Kier alpha value is -3.34. The van der Waals surface area contributed by atoms with Gasteiger partial charge in [-0.3, -0.25) is 4.79 Å². The number of furan rings is 1. The Balaban J connectivity index is 1.46. The van der Waals surface area contributed by atoms with E-state index in [1.54, 1.807) is 18.5 Å². The van der Waals surface area contributed by atoms with E-state index in [0.29, 0.717) is 37.5 Å². The zero-order chi connectivity index (χ0) is 19.1. The fraction of sp³-hybridized carbons (Fsp3) is 0.400. The van der Waals surface area contributed by atoms with Crippen molar-refractivity contribution in [2.24, 2.45) is 0 Å². The molecule has 2 aliphatic heterocycles. The SMILES string of the molecule is N#Cc1c2n(c3c(N4CCN(C(=O)c5ccco5)CC4)ncnc13)CCCC2. The highest BCUT2D eigenvalue weighted by atomic mass is 16.3. The van der Waals surface area contributed by atoms with E-state index in [9.17, 15) is 10.1 Å². The number of hydrogen-bond acceptors (Lipinski definition) is 6. The Morgan fingerprint density at radius 1 is 1.14 bits per heavy atom. The number of amides is 1. The minimum absolute atomic E-state index is 0.0793. The zero-order valence-corrected chi connectivity index (χ0v) is 15.5. The van der Waals surface area contributed by atoms with Gasteiger partial charge in [-0.1, -0.05) is 0 Å². The smallest absolute Gasteiger partial charge is 0.289 e. The summed E-state index contributed by atoms with van der Waals surface area (Å²) in [5.74, 6) is 1.15. The first-order valence-corrected chi connectivity index (χ1v) is 9.62. The van der Waals surface area contributed by atoms with Crippen LogP contribution in [0.5, 0.6) is 0 Å². The third-order valence-corrected chi connectivity index (χ3v) is 5.68. The van der Waals surface area contributed by atoms with Gasteiger partial charge in [-0.2, -0.15) is 5.26 Å². The van der Waals surface area contributed by atoms with Crippen molar-refractivity contribution in [3.8, 4) is 6.07 Å². The Kier molecular flexibility index (Phi) is 4.01. The molecule has 142 valence electrons. The second kappa shape index (κ2) is 6.68. The van der Waals surface area contributed by atoms with Gasteiger partial charge in [0, 0.05) is 38.4 Å². The van der Waals surface area contributed by atoms with Gasteiger partial charge in [0.15, 0.2) is 11.6 Å². The normalized spacial score (nSPS) is 16.8. The summed E-state index contributed by atoms with van der Waals surface area (Å²) in [6, 6.07) is 5.77. The number of fused-ring (bicyclic) bond motifs is 3. The lowest BCUT2D eigenvalue weighted by Gasteiger charge is -2.35. The highest BCUT2D eigenvalue weighted by Crippen LogP contribution is 2.34. The van der Waals surface area contributed by atoms with Crippen molar-refractivity contribution in [3.05, 3.63) is 41.7 Å². The molecule has 2 aliphatic rings. The molecule has 3 aromatic rings. The fourth-order valence-corrected chi connectivity index (χ4v) is 4.30. The molecule has 0 unspecified atom stereocenters. The third kappa shape index (κ3) is 2.54. The molecule has 5 heterocycles. The molecule has 0 atom stereocenters. The molecule has 0 radical (unpaired) electrons. The molecule has 1 amide bonds. The van der Waals surface area contributed by atoms with Crippen molar-refractivity contribution in [2.45, 2.75) is 25.8 Å². The van der Waals surface area contributed by atoms with Gasteiger partial charge < -0.3 is 18.8 Å². The number of carbonyl (C=O) groups excluding carboxylic acids is 1. The van der Waals surface area contributed by atoms with E-state index in [-0.39, 0.29) is 5.91 Å². The van der Waals surface area contributed by atoms with E-state index in [4.69, 9.17) is 4.42 Å². The van der Waals surface area contributed by atoms with Gasteiger partial charge in [0.25, 0.3) is 5.91 Å². The number of hydrogen-bond donors (Lipinski definition) is 0. The molecule has 0 bridgehead atoms. The molecule has 0 spiro atoms. The highest BCUT2D eigenvalue weighted by molar-refractivity contribution is 5.93. The number of nitriles is 1. The molecule has 8 heteroatoms. The van der Waals surface area contributed by atoms with Gasteiger partial charge in [0.05, 0.1) is 11.8 Å². The summed E-state index contributed by atoms with van der Waals surface area (Å²) in [4.78, 5) is 25.5. The second-order valence-corrected chi connectivity index (χ2v) is 7.19. The highest BCUT2D eigenvalue weighted by Gasteiger charge is 2.28. The molecule has 0 aliphatic carbocycles. The molecule has 5 rings (SSSR count). The summed E-state index contributed by atoms with van der Waals surface area (Å²) >= 11 is 0. The number of anilines is 1. The van der Waals surface area contributed by atoms with Gasteiger partial charge in [-0.15, -0.1) is 0 Å². The standard InChI is InChI=1S/C20H20N6O2/c21-12-14-15-4-1-2-6-26(15)18-17(14)22-13-23-19(18)24-7-9-25(10-8-24)20(27)16-5-3-11-28-16/h3,5,11,13H,1-2,4,6-10H2. The lowest BCUT2D eigenvalue weighted by Crippen LogP contribution is -2.49. The summed E-state index contributed by atoms with van der Waals surface area (Å²) in [6.45, 7) is 3.46. The number of nitrogens with zero attached hydrogens (tertiary/aromatic N) is 6. The molecule has 8 nitrogen and oxygen atoms in total. The van der Waals surface area contributed by atoms with Crippen LogP contribution in [0.3, 0.4) is 0 Å². The van der Waals surface area contributed by atoms with Crippen molar-refractivity contribution >= 4 is 22.8 Å². The van der Waals surface area contributed by atoms with Gasteiger partial charge in [0.2, 0.25) is 0 Å². The lowest BCUT2D eigenvalue weighted by molar-refractivity contribution is 0.0714. The monoisotopic (exact) mass is 376 g/mol. The van der Waals surface area contributed by atoms with Gasteiger partial charge in [-0.05, 0) is 31.4 Å². The number of aryl methyl sites for hydroxylation is 1. The summed E-state index contributed by atoms with van der Waals surface area (Å²) in [5.41, 5.74) is 3.47. The van der Waals surface area contributed by atoms with E-state index in [0.717, 1.165) is 48.4 Å². The van der Waals surface area contributed by atoms with Crippen LogP contribution in [0.1, 0.15) is 34.7 Å². The Bertz CT molecular complexity index is 1070. The number of rotatable bonds is 2. The van der Waals surface area contributed by atoms with Gasteiger partial charge in [-0.25, -0.2) is 9.97 Å². The number of aromatic nitrogens is 3. The van der Waals surface area contributed by atoms with Crippen molar-refractivity contribution in [1.29, 1.82) is 5.26 Å². The van der Waals surface area contributed by atoms with Crippen molar-refractivity contribution < 1.29 is 9.21 Å². The van der Waals surface area contributed by atoms with Crippen LogP contribution in [-0.2, 0) is 13.0 Å². The maximum absolute atomic E-state index is 12.5. The first-order chi connectivity index (χ1) is 13.8. The minimum Gasteiger partial charge on any atom is -0.459 e. The third-order valence-electron chi connectivity index (χ3n) is 5.68. The molecular formula is C20H20N6O2. The number of piperazine rings is 1. The summed E-state index contributed by atoms with van der Waals surface area (Å²) in [6.07, 6.45) is 6.17. The molecule has 1 fully saturated rings. The molecule has 28 heavy (non-hydrogen) atoms. The topological polar surface area (TPSA) is 91.2 Å². The maximum atomic E-state index is 12.5. The molecule has 3 aromatic heterocycles. The summed E-state index contributed by atoms with van der Waals surface area (Å²) < 4.78 is 7.46. The van der Waals surface area contributed by atoms with Crippen LogP contribution in [0.15, 0.2) is 29.1 Å². The molecule has 0 N–H and O–H groups in total. The minimum atomic E-state index is -0.0793. The zero-order valence-electron chi connectivity index (χ0n) is 15.5. The molecule has 0 aromatic carbocycles.